The number of rotatable bonds is 3. The summed E-state index contributed by atoms with van der Waals surface area (Å²) in [5, 5.41) is 5.93. The summed E-state index contributed by atoms with van der Waals surface area (Å²) in [6, 6.07) is 37.7. The standard InChI is InChI=1S/C22H25.C20H20Cl.2CH3.2ClH.Si.Zr/c1-15(2)18-13-17-7-6-8-20(21(17)14-18)16-9-11-19(12-10-16)22(3,4)5;1-13-11-17-16(9-10-19(21)18(17)12-13)14-5-7-15(8-6-14)20(2,3)4;;;;;;/h6-15H,1-5H3;5-12H,1-4H3;2*1H3;2*1H;;/q4*-1;;;;. The Labute approximate surface area is 332 Å². The predicted molar refractivity (Wildman–Crippen MR) is 224 cm³/mol. The average Bonchev–Trinajstić information content (AvgIpc) is 3.62. The second-order valence-corrected chi connectivity index (χ2v) is 14.8. The zero-order chi connectivity index (χ0) is 33.1. The van der Waals surface area contributed by atoms with Gasteiger partial charge in [-0.15, -0.1) is 93.4 Å². The zero-order valence-electron chi connectivity index (χ0n) is 31.1. The van der Waals surface area contributed by atoms with Crippen molar-refractivity contribution >= 4 is 64.8 Å². The first-order valence-corrected chi connectivity index (χ1v) is 20.3. The Hall–Kier alpha value is -1.93. The van der Waals surface area contributed by atoms with Crippen LogP contribution in [0.2, 0.25) is 5.02 Å². The maximum atomic E-state index is 6.31. The minimum atomic E-state index is 0. The van der Waals surface area contributed by atoms with Crippen molar-refractivity contribution in [2.75, 3.05) is 0 Å². The molecule has 6 aromatic rings. The van der Waals surface area contributed by atoms with Crippen molar-refractivity contribution in [3.05, 3.63) is 145 Å². The Morgan fingerprint density at radius 2 is 1.10 bits per heavy atom. The summed E-state index contributed by atoms with van der Waals surface area (Å²) in [6.45, 7) is 23.2. The van der Waals surface area contributed by atoms with E-state index < -0.39 is 0 Å². The number of halogens is 3. The molecule has 0 aliphatic carbocycles. The van der Waals surface area contributed by atoms with Crippen LogP contribution in [-0.4, -0.2) is 6.88 Å². The summed E-state index contributed by atoms with van der Waals surface area (Å²) < 4.78 is 0. The molecule has 0 nitrogen and oxygen atoms in total. The third kappa shape index (κ3) is 11.3. The molecular formula is C44H53Cl3SiZr-4. The minimum absolute atomic E-state index is 0. The van der Waals surface area contributed by atoms with Crippen LogP contribution < -0.4 is 0 Å². The van der Waals surface area contributed by atoms with E-state index in [1.807, 2.05) is 6.07 Å². The van der Waals surface area contributed by atoms with Gasteiger partial charge in [-0.3, -0.25) is 0 Å². The molecule has 6 aromatic carbocycles. The van der Waals surface area contributed by atoms with E-state index >= 15 is 0 Å². The average molecular weight is 808 g/mol. The molecule has 0 heterocycles. The van der Waals surface area contributed by atoms with Crippen molar-refractivity contribution in [3.8, 4) is 22.3 Å². The van der Waals surface area contributed by atoms with E-state index in [1.165, 1.54) is 84.0 Å². The molecule has 0 unspecified atom stereocenters. The Morgan fingerprint density at radius 3 is 1.55 bits per heavy atom. The van der Waals surface area contributed by atoms with Crippen molar-refractivity contribution < 1.29 is 23.3 Å². The molecule has 0 N–H and O–H groups in total. The van der Waals surface area contributed by atoms with Crippen LogP contribution in [0.1, 0.15) is 83.6 Å². The van der Waals surface area contributed by atoms with Crippen LogP contribution in [0.15, 0.2) is 103 Å². The Kier molecular flexibility index (Phi) is 18.8. The van der Waals surface area contributed by atoms with Crippen molar-refractivity contribution in [3.63, 3.8) is 0 Å². The van der Waals surface area contributed by atoms with Gasteiger partial charge in [0.2, 0.25) is 0 Å². The fourth-order valence-electron chi connectivity index (χ4n) is 5.80. The molecule has 0 aliphatic rings. The van der Waals surface area contributed by atoms with Gasteiger partial charge >= 0.3 is 30.2 Å². The molecule has 5 heteroatoms. The molecule has 0 atom stereocenters. The first kappa shape index (κ1) is 47.1. The van der Waals surface area contributed by atoms with Gasteiger partial charge in [-0.1, -0.05) is 140 Å². The van der Waals surface area contributed by atoms with Gasteiger partial charge < -0.3 is 14.9 Å². The molecule has 0 aromatic heterocycles. The van der Waals surface area contributed by atoms with Crippen LogP contribution in [-0.2, 0) is 34.2 Å². The van der Waals surface area contributed by atoms with Gasteiger partial charge in [-0.05, 0) is 44.0 Å². The normalized spacial score (nSPS) is 10.7. The molecule has 0 aliphatic heterocycles. The molecule has 262 valence electrons. The number of benzene rings is 4. The van der Waals surface area contributed by atoms with Crippen molar-refractivity contribution in [1.82, 2.24) is 0 Å². The van der Waals surface area contributed by atoms with E-state index in [0.29, 0.717) is 5.92 Å². The van der Waals surface area contributed by atoms with Gasteiger partial charge in [0.05, 0.1) is 0 Å². The first-order chi connectivity index (χ1) is 21.2. The van der Waals surface area contributed by atoms with Crippen molar-refractivity contribution in [1.29, 1.82) is 0 Å². The molecule has 0 spiro atoms. The molecule has 49 heavy (non-hydrogen) atoms. The third-order valence-electron chi connectivity index (χ3n) is 8.54. The molecule has 6 rings (SSSR count). The SMILES string of the molecule is CC(C)c1cc2c(-c3ccc(C(C)(C)C)cc3)cccc2[cH-]1.Cc1cc2c(-c3ccc(C(C)(C)C)cc3)ccc(Cl)c2[cH-]1.Cl.Cl.[CH3-].[CH3-].[Si]=[Zr]. The van der Waals surface area contributed by atoms with E-state index in [1.54, 1.807) is 0 Å². The fraction of sp³-hybridized carbons (Fsp3) is 0.273. The van der Waals surface area contributed by atoms with Crippen molar-refractivity contribution in [2.45, 2.75) is 79.1 Å². The van der Waals surface area contributed by atoms with Gasteiger partial charge in [0, 0.05) is 0 Å². The molecule has 0 saturated carbocycles. The number of aryl methyl sites for hydroxylation is 1. The Bertz CT molecular complexity index is 1880. The molecule has 0 bridgehead atoms. The van der Waals surface area contributed by atoms with Crippen LogP contribution in [0.25, 0.3) is 43.8 Å². The molecule has 0 saturated heterocycles. The Morgan fingerprint density at radius 1 is 0.633 bits per heavy atom. The van der Waals surface area contributed by atoms with Gasteiger partial charge in [0.15, 0.2) is 0 Å². The predicted octanol–water partition coefficient (Wildman–Crippen LogP) is 14.5. The van der Waals surface area contributed by atoms with Gasteiger partial charge in [0.1, 0.15) is 0 Å². The topological polar surface area (TPSA) is 0 Å². The summed E-state index contributed by atoms with van der Waals surface area (Å²) in [6.07, 6.45) is 0. The molecular weight excluding hydrogens is 754 g/mol. The van der Waals surface area contributed by atoms with Crippen LogP contribution in [0.3, 0.4) is 0 Å². The fourth-order valence-corrected chi connectivity index (χ4v) is 6.02. The summed E-state index contributed by atoms with van der Waals surface area (Å²) in [4.78, 5) is 0. The van der Waals surface area contributed by atoms with Gasteiger partial charge in [0.25, 0.3) is 0 Å². The van der Waals surface area contributed by atoms with Crippen molar-refractivity contribution in [2.24, 2.45) is 0 Å². The van der Waals surface area contributed by atoms with Gasteiger partial charge in [-0.2, -0.15) is 12.1 Å². The maximum absolute atomic E-state index is 6.31. The van der Waals surface area contributed by atoms with E-state index in [9.17, 15) is 0 Å². The third-order valence-corrected chi connectivity index (χ3v) is 8.87. The van der Waals surface area contributed by atoms with E-state index in [2.05, 4.69) is 166 Å². The number of fused-ring (bicyclic) bond motifs is 2. The first-order valence-electron chi connectivity index (χ1n) is 15.7. The number of hydrogen-bond acceptors (Lipinski definition) is 0. The number of hydrogen-bond donors (Lipinski definition) is 0. The summed E-state index contributed by atoms with van der Waals surface area (Å²) in [7, 11) is 0. The van der Waals surface area contributed by atoms with E-state index in [4.69, 9.17) is 11.6 Å². The van der Waals surface area contributed by atoms with Crippen LogP contribution in [0, 0.1) is 21.8 Å². The second kappa shape index (κ2) is 19.6. The summed E-state index contributed by atoms with van der Waals surface area (Å²) in [5.41, 5.74) is 11.0. The summed E-state index contributed by atoms with van der Waals surface area (Å²) >= 11 is 7.67. The molecule has 2 radical (unpaired) electrons. The van der Waals surface area contributed by atoms with E-state index in [-0.39, 0.29) is 50.5 Å². The monoisotopic (exact) mass is 804 g/mol. The van der Waals surface area contributed by atoms with E-state index in [0.717, 1.165) is 10.4 Å². The van der Waals surface area contributed by atoms with Crippen LogP contribution >= 0.6 is 36.4 Å². The van der Waals surface area contributed by atoms with Crippen LogP contribution in [0.4, 0.5) is 0 Å². The molecule has 0 amide bonds. The van der Waals surface area contributed by atoms with Gasteiger partial charge in [-0.25, -0.2) is 0 Å². The second-order valence-electron chi connectivity index (χ2n) is 14.4. The Balaban J connectivity index is 0.000000831. The molecule has 0 fully saturated rings. The summed E-state index contributed by atoms with van der Waals surface area (Å²) in [5.74, 6) is 0.573. The zero-order valence-corrected chi connectivity index (χ0v) is 36.9. The van der Waals surface area contributed by atoms with Crippen LogP contribution in [0.5, 0.6) is 0 Å². The quantitative estimate of drug-likeness (QED) is 0.123.